The predicted octanol–water partition coefficient (Wildman–Crippen LogP) is 4.62. The van der Waals surface area contributed by atoms with Crippen molar-refractivity contribution in [2.24, 2.45) is 11.3 Å². The monoisotopic (exact) mass is 280 g/mol. The summed E-state index contributed by atoms with van der Waals surface area (Å²) in [7, 11) is 0. The fourth-order valence-electron chi connectivity index (χ4n) is 2.65. The van der Waals surface area contributed by atoms with Crippen molar-refractivity contribution in [1.29, 1.82) is 0 Å². The molecule has 0 aliphatic heterocycles. The van der Waals surface area contributed by atoms with Crippen LogP contribution in [0.3, 0.4) is 0 Å². The molecule has 17 heavy (non-hydrogen) atoms. The molecule has 2 nitrogen and oxygen atoms in total. The summed E-state index contributed by atoms with van der Waals surface area (Å²) in [6.07, 6.45) is 4.89. The van der Waals surface area contributed by atoms with Gasteiger partial charge in [-0.15, -0.1) is 0 Å². The Balaban J connectivity index is 4.51. The van der Waals surface area contributed by atoms with E-state index in [4.69, 9.17) is 0 Å². The first-order valence-corrected chi connectivity index (χ1v) is 8.70. The zero-order valence-electron chi connectivity index (χ0n) is 11.8. The molecule has 1 atom stereocenters. The zero-order chi connectivity index (χ0) is 13.3. The van der Waals surface area contributed by atoms with E-state index in [1.807, 2.05) is 13.8 Å². The first-order chi connectivity index (χ1) is 8.08. The van der Waals surface area contributed by atoms with Crippen molar-refractivity contribution in [2.45, 2.75) is 70.4 Å². The molecule has 0 bridgehead atoms. The van der Waals surface area contributed by atoms with E-state index >= 15 is 0 Å². The minimum absolute atomic E-state index is 0.355. The molecule has 0 aliphatic rings. The molecule has 0 aromatic heterocycles. The molecule has 0 aromatic rings. The predicted molar refractivity (Wildman–Crippen MR) is 69.0 cm³/mol. The summed E-state index contributed by atoms with van der Waals surface area (Å²) in [5, 5.41) is 12.1. The second-order valence-corrected chi connectivity index (χ2v) is 6.59. The van der Waals surface area contributed by atoms with Gasteiger partial charge in [-0.2, -0.15) is 0 Å². The van der Waals surface area contributed by atoms with Crippen molar-refractivity contribution in [3.05, 3.63) is 0 Å². The number of carboxylic acids is 1. The van der Waals surface area contributed by atoms with Crippen LogP contribution in [0.2, 0.25) is 10.6 Å². The summed E-state index contributed by atoms with van der Waals surface area (Å²) >= 11 is 0.716. The first-order valence-electron chi connectivity index (χ1n) is 6.90. The molecule has 0 amide bonds. The average Bonchev–Trinajstić information content (AvgIpc) is 2.33. The second kappa shape index (κ2) is 9.00. The Labute approximate surface area is 113 Å². The summed E-state index contributed by atoms with van der Waals surface area (Å²) in [5.74, 6) is -0.230. The number of aliphatic carboxylic acids is 1. The van der Waals surface area contributed by atoms with Crippen LogP contribution in [0.4, 0.5) is 0 Å². The van der Waals surface area contributed by atoms with E-state index in [-0.39, 0.29) is 0 Å². The van der Waals surface area contributed by atoms with Crippen LogP contribution in [0, 0.1) is 11.3 Å². The molecule has 0 fully saturated rings. The molecular formula is C14H28CrO2. The van der Waals surface area contributed by atoms with E-state index in [0.29, 0.717) is 21.1 Å². The van der Waals surface area contributed by atoms with Gasteiger partial charge in [0.05, 0.1) is 0 Å². The van der Waals surface area contributed by atoms with Crippen LogP contribution in [-0.4, -0.2) is 11.1 Å². The van der Waals surface area contributed by atoms with Crippen LogP contribution >= 0.6 is 0 Å². The molecule has 0 radical (unpaired) electrons. The van der Waals surface area contributed by atoms with Gasteiger partial charge in [-0.25, -0.2) is 0 Å². The van der Waals surface area contributed by atoms with Crippen LogP contribution in [0.5, 0.6) is 0 Å². The Morgan fingerprint density at radius 2 is 1.76 bits per heavy atom. The average molecular weight is 280 g/mol. The molecule has 0 rings (SSSR count). The molecule has 102 valence electrons. The Kier molecular flexibility index (Phi) is 9.00. The van der Waals surface area contributed by atoms with Gasteiger partial charge in [0.2, 0.25) is 0 Å². The SMILES string of the molecule is CC[CH2][Cr][CH2]CC(CC)C(CC)(CC)C(=O)O. The Morgan fingerprint density at radius 1 is 1.18 bits per heavy atom. The maximum absolute atomic E-state index is 11.6. The van der Waals surface area contributed by atoms with Crippen molar-refractivity contribution in [3.8, 4) is 0 Å². The molecule has 1 unspecified atom stereocenters. The van der Waals surface area contributed by atoms with Crippen LogP contribution in [0.25, 0.3) is 0 Å². The fraction of sp³-hybridized carbons (Fsp3) is 0.929. The van der Waals surface area contributed by atoms with Crippen LogP contribution in [-0.2, 0) is 20.0 Å². The molecular weight excluding hydrogens is 252 g/mol. The number of carbonyl (C=O) groups is 1. The molecule has 0 aromatic carbocycles. The van der Waals surface area contributed by atoms with E-state index in [0.717, 1.165) is 25.7 Å². The third-order valence-electron chi connectivity index (χ3n) is 3.92. The number of carboxylic acid groups (broad SMARTS) is 1. The van der Waals surface area contributed by atoms with E-state index in [1.165, 1.54) is 17.0 Å². The molecule has 1 N–H and O–H groups in total. The molecule has 0 saturated carbocycles. The molecule has 3 heteroatoms. The fourth-order valence-corrected chi connectivity index (χ4v) is 4.12. The van der Waals surface area contributed by atoms with Crippen LogP contribution in [0.1, 0.15) is 59.8 Å². The van der Waals surface area contributed by atoms with Crippen molar-refractivity contribution < 1.29 is 25.1 Å². The Morgan fingerprint density at radius 3 is 2.12 bits per heavy atom. The first kappa shape index (κ1) is 17.0. The van der Waals surface area contributed by atoms with Gasteiger partial charge < -0.3 is 0 Å². The van der Waals surface area contributed by atoms with Gasteiger partial charge in [0.1, 0.15) is 0 Å². The summed E-state index contributed by atoms with van der Waals surface area (Å²) in [6.45, 7) is 8.41. The number of hydrogen-bond donors (Lipinski definition) is 1. The topological polar surface area (TPSA) is 37.3 Å². The van der Waals surface area contributed by atoms with E-state index in [1.54, 1.807) is 0 Å². The Hall–Kier alpha value is 0.00247. The summed E-state index contributed by atoms with van der Waals surface area (Å²) in [5.41, 5.74) is -0.475. The molecule has 0 spiro atoms. The van der Waals surface area contributed by atoms with Crippen molar-refractivity contribution in [3.63, 3.8) is 0 Å². The summed E-state index contributed by atoms with van der Waals surface area (Å²) in [4.78, 5) is 11.6. The van der Waals surface area contributed by atoms with E-state index in [9.17, 15) is 9.90 Å². The van der Waals surface area contributed by atoms with Crippen LogP contribution in [0.15, 0.2) is 0 Å². The Bertz CT molecular complexity index is 212. The number of hydrogen-bond acceptors (Lipinski definition) is 1. The molecule has 0 heterocycles. The summed E-state index contributed by atoms with van der Waals surface area (Å²) < 4.78 is 0. The van der Waals surface area contributed by atoms with Gasteiger partial charge in [-0.05, 0) is 0 Å². The van der Waals surface area contributed by atoms with E-state index < -0.39 is 11.4 Å². The van der Waals surface area contributed by atoms with Gasteiger partial charge in [-0.1, -0.05) is 0 Å². The minimum atomic E-state index is -0.586. The second-order valence-electron chi connectivity index (χ2n) is 4.67. The molecule has 0 aliphatic carbocycles. The normalized spacial score (nSPS) is 13.6. The van der Waals surface area contributed by atoms with Gasteiger partial charge in [-0.3, -0.25) is 0 Å². The van der Waals surface area contributed by atoms with Gasteiger partial charge >= 0.3 is 113 Å². The van der Waals surface area contributed by atoms with Crippen molar-refractivity contribution in [1.82, 2.24) is 0 Å². The standard InChI is InChI=1S/C11H21O2.C3H7.Cr/c1-5-9(6-2)11(7-3,8-4)10(12)13;1-3-2;/h9H,1,5-8H2,2-4H3,(H,12,13);1,3H2,2H3;. The van der Waals surface area contributed by atoms with Crippen molar-refractivity contribution in [2.75, 3.05) is 0 Å². The van der Waals surface area contributed by atoms with Crippen LogP contribution < -0.4 is 0 Å². The summed E-state index contributed by atoms with van der Waals surface area (Å²) in [6, 6.07) is 0. The zero-order valence-corrected chi connectivity index (χ0v) is 13.1. The van der Waals surface area contributed by atoms with Gasteiger partial charge in [0.15, 0.2) is 0 Å². The third kappa shape index (κ3) is 4.64. The number of rotatable bonds is 10. The molecule has 0 saturated heterocycles. The third-order valence-corrected chi connectivity index (χ3v) is 5.83. The van der Waals surface area contributed by atoms with Gasteiger partial charge in [0.25, 0.3) is 0 Å². The maximum atomic E-state index is 11.6. The quantitative estimate of drug-likeness (QED) is 0.593. The van der Waals surface area contributed by atoms with Crippen molar-refractivity contribution >= 4 is 5.97 Å². The van der Waals surface area contributed by atoms with E-state index in [2.05, 4.69) is 13.8 Å². The van der Waals surface area contributed by atoms with Gasteiger partial charge in [0, 0.05) is 0 Å².